The van der Waals surface area contributed by atoms with Gasteiger partial charge in [0.2, 0.25) is 0 Å². The Bertz CT molecular complexity index is 3780. The summed E-state index contributed by atoms with van der Waals surface area (Å²) in [6.45, 7) is -2.02. The number of rotatable bonds is 21. The number of sulfone groups is 2. The number of phenolic OH excluding ortho intramolecular Hbond substituents is 1. The van der Waals surface area contributed by atoms with Crippen LogP contribution in [0.5, 0.6) is 5.75 Å². The molecule has 0 aliphatic rings. The number of nitrogens with zero attached hydrogens (tertiary/aromatic N) is 4. The average molecular weight is 1120 g/mol. The molecule has 0 aromatic heterocycles. The summed E-state index contributed by atoms with van der Waals surface area (Å²) in [4.78, 5) is 9.42. The Kier molecular flexibility index (Phi) is 16.3. The van der Waals surface area contributed by atoms with Crippen molar-refractivity contribution in [1.82, 2.24) is 0 Å². The molecule has 5 aromatic rings. The summed E-state index contributed by atoms with van der Waals surface area (Å²) in [5.74, 6) is -5.05. The Balaban J connectivity index is 1.51. The summed E-state index contributed by atoms with van der Waals surface area (Å²) in [6, 6.07) is 14.1. The topological polar surface area (TPSA) is 469 Å². The van der Waals surface area contributed by atoms with Crippen LogP contribution < -0.4 is 10.6 Å². The van der Waals surface area contributed by atoms with Gasteiger partial charge in [-0.25, -0.2) is 25.2 Å². The van der Waals surface area contributed by atoms with Crippen LogP contribution in [-0.4, -0.2) is 123 Å². The van der Waals surface area contributed by atoms with Crippen molar-refractivity contribution in [2.24, 2.45) is 20.5 Å². The maximum absolute atomic E-state index is 13.0. The first-order valence-electron chi connectivity index (χ1n) is 18.3. The zero-order chi connectivity index (χ0) is 52.3. The van der Waals surface area contributed by atoms with Gasteiger partial charge < -0.3 is 15.7 Å². The lowest BCUT2D eigenvalue weighted by molar-refractivity contribution is 0.102. The molecule has 378 valence electrons. The van der Waals surface area contributed by atoms with E-state index in [0.29, 0.717) is 18.2 Å². The number of carbonyl (C=O) groups excluding carboxylic acids is 1. The summed E-state index contributed by atoms with van der Waals surface area (Å²) >= 11 is 0. The van der Waals surface area contributed by atoms with E-state index in [1.54, 1.807) is 0 Å². The third-order valence-electron chi connectivity index (χ3n) is 8.77. The predicted octanol–water partition coefficient (Wildman–Crippen LogP) is 3.57. The van der Waals surface area contributed by atoms with E-state index in [1.807, 2.05) is 0 Å². The number of nitrogens with one attached hydrogen (secondary N) is 2. The molecule has 0 bridgehead atoms. The lowest BCUT2D eigenvalue weighted by atomic mass is 10.1. The molecule has 0 aliphatic carbocycles. The van der Waals surface area contributed by atoms with Gasteiger partial charge in [0.1, 0.15) is 32.7 Å². The fourth-order valence-corrected chi connectivity index (χ4v) is 10.4. The van der Waals surface area contributed by atoms with Crippen LogP contribution in [0.15, 0.2) is 125 Å². The summed E-state index contributed by atoms with van der Waals surface area (Å²) in [6.07, 6.45) is 0. The van der Waals surface area contributed by atoms with Crippen LogP contribution in [0.4, 0.5) is 34.1 Å². The minimum Gasteiger partial charge on any atom is -0.505 e. The molecule has 5 aromatic carbocycles. The minimum atomic E-state index is -5.41. The van der Waals surface area contributed by atoms with Crippen LogP contribution in [0, 0.1) is 0 Å². The van der Waals surface area contributed by atoms with Crippen molar-refractivity contribution in [3.8, 4) is 5.75 Å². The standard InChI is InChI=1S/C34H32N6O23S7/c41-33-25-9-11-28(35-19-66(47,48)49)31(39-38-27-10-8-24(17-29(27)67(50,51)52)65(45,46)15-13-63-70(59,60)61)26(25)18-30(68(53,54)55)32(33)40-37-21-6-4-20(5-7-21)34(42)36-22-2-1-3-23(16-22)64(43,44)14-12-62-69(56,57)58/h1-11,16-18,35,41H,12-15,19H2,(H,36,42)(H,47,48,49)(H,50,51,52)(H,53,54,55)(H,56,57,58)(H,59,60,61)/b39-38+,40-37+. The molecule has 0 radical (unpaired) electrons. The summed E-state index contributed by atoms with van der Waals surface area (Å²) in [7, 11) is -34.4. The zero-order valence-corrected chi connectivity index (χ0v) is 40.1. The molecule has 0 atom stereocenters. The molecule has 0 saturated heterocycles. The number of azo groups is 2. The predicted molar refractivity (Wildman–Crippen MR) is 240 cm³/mol. The fraction of sp³-hybridized carbons (Fsp3) is 0.147. The number of phenols is 1. The number of hydrogen-bond acceptors (Lipinski definition) is 23. The van der Waals surface area contributed by atoms with E-state index in [1.165, 1.54) is 36.4 Å². The van der Waals surface area contributed by atoms with Gasteiger partial charge in [0, 0.05) is 22.0 Å². The fourth-order valence-electron chi connectivity index (χ4n) is 5.69. The van der Waals surface area contributed by atoms with Crippen LogP contribution in [0.2, 0.25) is 0 Å². The molecule has 8 N–H and O–H groups in total. The van der Waals surface area contributed by atoms with Crippen molar-refractivity contribution >= 4 is 122 Å². The number of aromatic hydroxyl groups is 1. The smallest absolute Gasteiger partial charge is 0.397 e. The highest BCUT2D eigenvalue weighted by atomic mass is 32.3. The average Bonchev–Trinajstić information content (AvgIpc) is 3.22. The number of benzene rings is 5. The molecule has 0 spiro atoms. The third kappa shape index (κ3) is 15.0. The van der Waals surface area contributed by atoms with Gasteiger partial charge in [0.15, 0.2) is 25.4 Å². The van der Waals surface area contributed by atoms with Crippen LogP contribution in [0.3, 0.4) is 0 Å². The monoisotopic (exact) mass is 1120 g/mol. The van der Waals surface area contributed by atoms with E-state index in [2.05, 4.69) is 39.5 Å². The van der Waals surface area contributed by atoms with Crippen LogP contribution in [0.1, 0.15) is 10.4 Å². The molecule has 0 heterocycles. The number of anilines is 2. The van der Waals surface area contributed by atoms with Crippen LogP contribution in [0.25, 0.3) is 10.8 Å². The molecular formula is C34H32N6O23S7. The second-order valence-corrected chi connectivity index (χ2v) is 24.3. The van der Waals surface area contributed by atoms with Gasteiger partial charge in [-0.1, -0.05) is 6.07 Å². The van der Waals surface area contributed by atoms with Gasteiger partial charge in [-0.2, -0.15) is 47.2 Å². The van der Waals surface area contributed by atoms with Gasteiger partial charge in [0.05, 0.1) is 45.9 Å². The Morgan fingerprint density at radius 1 is 0.557 bits per heavy atom. The molecular weight excluding hydrogens is 1080 g/mol. The van der Waals surface area contributed by atoms with Crippen molar-refractivity contribution in [2.45, 2.75) is 19.6 Å². The summed E-state index contributed by atoms with van der Waals surface area (Å²) in [5, 5.41) is 30.3. The molecule has 0 fully saturated rings. The van der Waals surface area contributed by atoms with Crippen molar-refractivity contribution in [3.05, 3.63) is 90.5 Å². The van der Waals surface area contributed by atoms with E-state index < -0.39 is 156 Å². The number of carbonyl (C=O) groups is 1. The van der Waals surface area contributed by atoms with E-state index >= 15 is 0 Å². The van der Waals surface area contributed by atoms with Crippen molar-refractivity contribution in [3.63, 3.8) is 0 Å². The second-order valence-electron chi connectivity index (χ2n) is 13.7. The van der Waals surface area contributed by atoms with Crippen molar-refractivity contribution in [2.75, 3.05) is 41.2 Å². The van der Waals surface area contributed by atoms with Gasteiger partial charge in [0.25, 0.3) is 36.3 Å². The highest BCUT2D eigenvalue weighted by Crippen LogP contribution is 2.47. The minimum absolute atomic E-state index is 0.0162. The third-order valence-corrected chi connectivity index (χ3v) is 15.3. The highest BCUT2D eigenvalue weighted by Gasteiger charge is 2.27. The molecule has 36 heteroatoms. The lowest BCUT2D eigenvalue weighted by Crippen LogP contribution is -2.16. The molecule has 0 aliphatic heterocycles. The first kappa shape index (κ1) is 54.9. The van der Waals surface area contributed by atoms with Crippen LogP contribution in [-0.2, 0) is 79.2 Å². The quantitative estimate of drug-likeness (QED) is 0.0384. The van der Waals surface area contributed by atoms with Crippen LogP contribution >= 0.6 is 0 Å². The molecule has 0 saturated carbocycles. The second kappa shape index (κ2) is 20.8. The largest absolute Gasteiger partial charge is 0.505 e. The summed E-state index contributed by atoms with van der Waals surface area (Å²) in [5.41, 5.74) is -2.99. The van der Waals surface area contributed by atoms with Gasteiger partial charge in [-0.3, -0.25) is 27.6 Å². The van der Waals surface area contributed by atoms with Crippen molar-refractivity contribution in [1.29, 1.82) is 0 Å². The molecule has 5 rings (SSSR count). The first-order valence-corrected chi connectivity index (χ1v) is 28.8. The van der Waals surface area contributed by atoms with Gasteiger partial charge in [-0.15, -0.1) is 15.3 Å². The van der Waals surface area contributed by atoms with E-state index in [-0.39, 0.29) is 27.2 Å². The molecule has 29 nitrogen and oxygen atoms in total. The maximum atomic E-state index is 13.0. The zero-order valence-electron chi connectivity index (χ0n) is 34.4. The van der Waals surface area contributed by atoms with Gasteiger partial charge >= 0.3 is 20.8 Å². The number of amides is 1. The number of fused-ring (bicyclic) bond motifs is 1. The lowest BCUT2D eigenvalue weighted by Gasteiger charge is -2.14. The van der Waals surface area contributed by atoms with Crippen molar-refractivity contribution < 1.29 is 100.0 Å². The molecule has 1 amide bonds. The Hall–Kier alpha value is -6.00. The normalized spacial score (nSPS) is 13.3. The Labute approximate surface area is 396 Å². The van der Waals surface area contributed by atoms with Gasteiger partial charge in [-0.05, 0) is 78.9 Å². The van der Waals surface area contributed by atoms with E-state index in [4.69, 9.17) is 9.11 Å². The molecule has 0 unspecified atom stereocenters. The molecule has 70 heavy (non-hydrogen) atoms. The Morgan fingerprint density at radius 2 is 1.11 bits per heavy atom. The van der Waals surface area contributed by atoms with E-state index in [9.17, 15) is 82.5 Å². The highest BCUT2D eigenvalue weighted by molar-refractivity contribution is 7.92. The maximum Gasteiger partial charge on any atom is 0.397 e. The number of hydrogen-bond donors (Lipinski definition) is 8. The summed E-state index contributed by atoms with van der Waals surface area (Å²) < 4.78 is 223. The Morgan fingerprint density at radius 3 is 1.66 bits per heavy atom. The first-order chi connectivity index (χ1) is 32.1. The van der Waals surface area contributed by atoms with E-state index in [0.717, 1.165) is 30.3 Å². The SMILES string of the molecule is O=C(Nc1cccc(S(=O)(=O)CCOS(=O)(=O)O)c1)c1ccc(/N=N/c2c(S(=O)(=O)O)cc3c(/N=N/c4ccc(S(=O)(=O)CCOS(=O)(=O)O)cc4S(=O)(=O)O)c(NCS(=O)(=O)O)ccc3c2O)cc1.